The Hall–Kier alpha value is -3.95. The summed E-state index contributed by atoms with van der Waals surface area (Å²) in [6.45, 7) is 2.19. The van der Waals surface area contributed by atoms with Gasteiger partial charge in [0.15, 0.2) is 0 Å². The molecule has 0 N–H and O–H groups in total. The predicted molar refractivity (Wildman–Crippen MR) is 131 cm³/mol. The van der Waals surface area contributed by atoms with Gasteiger partial charge in [0.25, 0.3) is 0 Å². The van der Waals surface area contributed by atoms with Crippen molar-refractivity contribution in [3.63, 3.8) is 0 Å². The predicted octanol–water partition coefficient (Wildman–Crippen LogP) is 4.36. The van der Waals surface area contributed by atoms with Crippen LogP contribution in [0.2, 0.25) is 0 Å². The van der Waals surface area contributed by atoms with Gasteiger partial charge in [0, 0.05) is 25.6 Å². The van der Waals surface area contributed by atoms with Crippen molar-refractivity contribution in [2.45, 2.75) is 24.9 Å². The fourth-order valence-electron chi connectivity index (χ4n) is 5.19. The molecule has 0 aliphatic carbocycles. The number of hydrogen-bond donors (Lipinski definition) is 0. The molecule has 0 spiro atoms. The van der Waals surface area contributed by atoms with Crippen molar-refractivity contribution in [3.05, 3.63) is 107 Å². The molecule has 6 nitrogen and oxygen atoms in total. The summed E-state index contributed by atoms with van der Waals surface area (Å²) in [5, 5.41) is 9.19. The number of ether oxygens (including phenoxy) is 1. The Balaban J connectivity index is 1.41. The largest absolute Gasteiger partial charge is 0.447 e. The topological polar surface area (TPSA) is 73.6 Å². The molecule has 0 aromatic heterocycles. The third-order valence-corrected chi connectivity index (χ3v) is 6.94. The molecule has 2 heterocycles. The quantitative estimate of drug-likeness (QED) is 0.541. The van der Waals surface area contributed by atoms with E-state index in [4.69, 9.17) is 4.74 Å². The molecule has 2 aliphatic rings. The van der Waals surface area contributed by atoms with Crippen LogP contribution in [-0.4, -0.2) is 47.5 Å². The summed E-state index contributed by atoms with van der Waals surface area (Å²) in [5.74, 6) is -0.640. The van der Waals surface area contributed by atoms with E-state index in [0.717, 1.165) is 17.7 Å². The number of benzene rings is 3. The highest BCUT2D eigenvalue weighted by molar-refractivity contribution is 5.95. The molecule has 5 rings (SSSR count). The molecule has 3 atom stereocenters. The minimum Gasteiger partial charge on any atom is -0.447 e. The number of imide groups is 1. The first-order valence-corrected chi connectivity index (χ1v) is 11.9. The maximum Gasteiger partial charge on any atom is 0.416 e. The summed E-state index contributed by atoms with van der Waals surface area (Å²) in [6.07, 6.45) is 0.0105. The molecule has 2 saturated heterocycles. The minimum absolute atomic E-state index is 0.0790. The zero-order chi connectivity index (χ0) is 24.2. The number of nitriles is 1. The average molecular weight is 466 g/mol. The lowest BCUT2D eigenvalue weighted by Gasteiger charge is -2.26. The van der Waals surface area contributed by atoms with Gasteiger partial charge in [0.2, 0.25) is 5.91 Å². The lowest BCUT2D eigenvalue weighted by atomic mass is 9.87. The maximum absolute atomic E-state index is 13.9. The van der Waals surface area contributed by atoms with Gasteiger partial charge in [0.1, 0.15) is 6.61 Å². The van der Waals surface area contributed by atoms with Gasteiger partial charge in [-0.15, -0.1) is 0 Å². The molecule has 6 heteroatoms. The summed E-state index contributed by atoms with van der Waals surface area (Å²) >= 11 is 0. The van der Waals surface area contributed by atoms with Gasteiger partial charge in [0.05, 0.1) is 23.6 Å². The highest BCUT2D eigenvalue weighted by atomic mass is 16.6. The summed E-state index contributed by atoms with van der Waals surface area (Å²) in [5.41, 5.74) is 3.84. The van der Waals surface area contributed by atoms with Gasteiger partial charge in [-0.1, -0.05) is 72.8 Å². The van der Waals surface area contributed by atoms with E-state index in [0.29, 0.717) is 25.1 Å². The summed E-state index contributed by atoms with van der Waals surface area (Å²) in [7, 11) is 0. The number of carbonyl (C=O) groups is 2. The molecule has 0 unspecified atom stereocenters. The van der Waals surface area contributed by atoms with Gasteiger partial charge in [-0.05, 0) is 35.2 Å². The van der Waals surface area contributed by atoms with Crippen LogP contribution in [0.15, 0.2) is 84.9 Å². The van der Waals surface area contributed by atoms with Gasteiger partial charge < -0.3 is 4.74 Å². The number of likely N-dealkylation sites (tertiary alicyclic amines) is 1. The third-order valence-electron chi connectivity index (χ3n) is 6.94. The van der Waals surface area contributed by atoms with Gasteiger partial charge in [-0.25, -0.2) is 9.69 Å². The first-order valence-electron chi connectivity index (χ1n) is 11.9. The van der Waals surface area contributed by atoms with E-state index in [1.807, 2.05) is 60.7 Å². The molecule has 2 amide bonds. The summed E-state index contributed by atoms with van der Waals surface area (Å²) in [4.78, 5) is 30.2. The van der Waals surface area contributed by atoms with E-state index >= 15 is 0 Å². The van der Waals surface area contributed by atoms with Gasteiger partial charge in [-0.2, -0.15) is 5.26 Å². The summed E-state index contributed by atoms with van der Waals surface area (Å²) in [6, 6.07) is 29.3. The van der Waals surface area contributed by atoms with Crippen LogP contribution in [0.1, 0.15) is 28.2 Å². The molecule has 2 fully saturated rings. The van der Waals surface area contributed by atoms with Crippen molar-refractivity contribution in [1.29, 1.82) is 5.26 Å². The second kappa shape index (κ2) is 10.1. The summed E-state index contributed by atoms with van der Waals surface area (Å²) < 4.78 is 5.34. The van der Waals surface area contributed by atoms with Crippen LogP contribution in [0, 0.1) is 17.2 Å². The molecule has 35 heavy (non-hydrogen) atoms. The number of rotatable bonds is 6. The van der Waals surface area contributed by atoms with E-state index in [2.05, 4.69) is 23.1 Å². The van der Waals surface area contributed by atoms with Crippen LogP contribution in [0.5, 0.6) is 0 Å². The number of cyclic esters (lactones) is 1. The molecule has 2 aliphatic heterocycles. The average Bonchev–Trinajstić information content (AvgIpc) is 3.48. The number of carbonyl (C=O) groups excluding carboxylic acids is 2. The van der Waals surface area contributed by atoms with Crippen LogP contribution < -0.4 is 0 Å². The van der Waals surface area contributed by atoms with Crippen LogP contribution in [0.25, 0.3) is 0 Å². The minimum atomic E-state index is -0.559. The lowest BCUT2D eigenvalue weighted by Crippen LogP contribution is -2.45. The van der Waals surface area contributed by atoms with E-state index in [1.54, 1.807) is 12.1 Å². The zero-order valence-electron chi connectivity index (χ0n) is 19.4. The first kappa shape index (κ1) is 22.8. The van der Waals surface area contributed by atoms with Crippen LogP contribution >= 0.6 is 0 Å². The molecular formula is C29H27N3O3. The van der Waals surface area contributed by atoms with E-state index in [-0.39, 0.29) is 30.4 Å². The number of hydrogen-bond acceptors (Lipinski definition) is 5. The maximum atomic E-state index is 13.9. The first-order chi connectivity index (χ1) is 17.1. The third kappa shape index (κ3) is 4.96. The second-order valence-electron chi connectivity index (χ2n) is 9.26. The number of amides is 2. The second-order valence-corrected chi connectivity index (χ2v) is 9.26. The van der Waals surface area contributed by atoms with E-state index in [9.17, 15) is 14.9 Å². The standard InChI is InChI=1S/C29H27N3O3/c30-16-22-11-13-24(14-12-22)26-18-31(17-23-9-5-2-6-10-23)19-27(26)28(33)32-25(20-35-29(32)34)15-21-7-3-1-4-8-21/h1-14,25-27H,15,17-20H2/t25-,26-,27+/m0/s1. The molecule has 176 valence electrons. The molecule has 3 aromatic rings. The zero-order valence-corrected chi connectivity index (χ0v) is 19.4. The molecule has 0 radical (unpaired) electrons. The fraction of sp³-hybridized carbons (Fsp3) is 0.276. The Morgan fingerprint density at radius 1 is 0.914 bits per heavy atom. The van der Waals surface area contributed by atoms with Crippen molar-refractivity contribution in [2.75, 3.05) is 19.7 Å². The molecular weight excluding hydrogens is 438 g/mol. The fourth-order valence-corrected chi connectivity index (χ4v) is 5.19. The Morgan fingerprint density at radius 3 is 2.23 bits per heavy atom. The van der Waals surface area contributed by atoms with Gasteiger partial charge >= 0.3 is 6.09 Å². The molecule has 0 saturated carbocycles. The van der Waals surface area contributed by atoms with Crippen molar-refractivity contribution >= 4 is 12.0 Å². The Labute approximate surface area is 205 Å². The van der Waals surface area contributed by atoms with Crippen molar-refractivity contribution in [1.82, 2.24) is 9.80 Å². The van der Waals surface area contributed by atoms with Gasteiger partial charge in [-0.3, -0.25) is 9.69 Å². The lowest BCUT2D eigenvalue weighted by molar-refractivity contribution is -0.133. The van der Waals surface area contributed by atoms with Crippen molar-refractivity contribution < 1.29 is 14.3 Å². The number of nitrogens with zero attached hydrogens (tertiary/aromatic N) is 3. The highest BCUT2D eigenvalue weighted by Gasteiger charge is 2.46. The van der Waals surface area contributed by atoms with Crippen LogP contribution in [0.3, 0.4) is 0 Å². The van der Waals surface area contributed by atoms with E-state index < -0.39 is 6.09 Å². The Bertz CT molecular complexity index is 1220. The Kier molecular flexibility index (Phi) is 6.60. The van der Waals surface area contributed by atoms with Crippen LogP contribution in [0.4, 0.5) is 4.79 Å². The monoisotopic (exact) mass is 465 g/mol. The van der Waals surface area contributed by atoms with E-state index in [1.165, 1.54) is 10.5 Å². The van der Waals surface area contributed by atoms with Crippen molar-refractivity contribution in [3.8, 4) is 6.07 Å². The smallest absolute Gasteiger partial charge is 0.416 e. The molecule has 3 aromatic carbocycles. The van der Waals surface area contributed by atoms with Crippen LogP contribution in [-0.2, 0) is 22.5 Å². The normalized spacial score (nSPS) is 22.1. The molecule has 0 bridgehead atoms. The van der Waals surface area contributed by atoms with Crippen molar-refractivity contribution in [2.24, 2.45) is 5.92 Å². The SMILES string of the molecule is N#Cc1ccc([C@@H]2CN(Cc3ccccc3)C[C@H]2C(=O)N2C(=O)OC[C@@H]2Cc2ccccc2)cc1. The highest BCUT2D eigenvalue weighted by Crippen LogP contribution is 2.36. The Morgan fingerprint density at radius 2 is 1.57 bits per heavy atom.